The molecule has 6 heteroatoms. The topological polar surface area (TPSA) is 72.4 Å². The van der Waals surface area contributed by atoms with Crippen LogP contribution in [0.15, 0.2) is 51.6 Å². The van der Waals surface area contributed by atoms with Gasteiger partial charge in [0.1, 0.15) is 0 Å². The Labute approximate surface area is 151 Å². The highest BCUT2D eigenvalue weighted by molar-refractivity contribution is 5.76. The Morgan fingerprint density at radius 1 is 1.27 bits per heavy atom. The second-order valence-corrected chi connectivity index (χ2v) is 6.60. The summed E-state index contributed by atoms with van der Waals surface area (Å²) in [6, 6.07) is 12.1. The second kappa shape index (κ2) is 7.15. The Morgan fingerprint density at radius 3 is 3.00 bits per heavy atom. The van der Waals surface area contributed by atoms with Gasteiger partial charge in [-0.25, -0.2) is 0 Å². The average molecular weight is 351 g/mol. The molecule has 1 aliphatic rings. The van der Waals surface area contributed by atoms with Gasteiger partial charge in [0, 0.05) is 19.9 Å². The van der Waals surface area contributed by atoms with Crippen LogP contribution in [-0.4, -0.2) is 28.0 Å². The van der Waals surface area contributed by atoms with E-state index in [4.69, 9.17) is 8.94 Å². The molecule has 0 bridgehead atoms. The van der Waals surface area contributed by atoms with Gasteiger partial charge in [0.25, 0.3) is 0 Å². The molecule has 1 aromatic carbocycles. The molecule has 134 valence electrons. The van der Waals surface area contributed by atoms with Crippen molar-refractivity contribution in [3.63, 3.8) is 0 Å². The third kappa shape index (κ3) is 3.27. The van der Waals surface area contributed by atoms with E-state index in [1.807, 2.05) is 18.0 Å². The predicted molar refractivity (Wildman–Crippen MR) is 95.2 cm³/mol. The maximum absolute atomic E-state index is 12.7. The number of aryl methyl sites for hydroxylation is 2. The molecule has 2 aromatic heterocycles. The van der Waals surface area contributed by atoms with Crippen LogP contribution in [0.2, 0.25) is 0 Å². The average Bonchev–Trinajstić information content (AvgIpc) is 3.36. The van der Waals surface area contributed by atoms with Crippen LogP contribution in [0.25, 0.3) is 11.6 Å². The lowest BCUT2D eigenvalue weighted by molar-refractivity contribution is -0.132. The summed E-state index contributed by atoms with van der Waals surface area (Å²) < 4.78 is 10.5. The van der Waals surface area contributed by atoms with Crippen LogP contribution in [0.5, 0.6) is 0 Å². The van der Waals surface area contributed by atoms with Gasteiger partial charge >= 0.3 is 0 Å². The largest absolute Gasteiger partial charge is 0.461 e. The van der Waals surface area contributed by atoms with Crippen molar-refractivity contribution in [1.82, 2.24) is 15.0 Å². The van der Waals surface area contributed by atoms with Crippen molar-refractivity contribution in [2.75, 3.05) is 7.05 Å². The zero-order valence-corrected chi connectivity index (χ0v) is 14.7. The standard InChI is InChI=1S/C20H21N3O3/c1-23(16-9-4-7-14-6-2-3-8-15(14)16)19(24)12-11-18-21-20(22-26-18)17-10-5-13-25-17/h2-3,5-6,8,10,13,16H,4,7,9,11-12H2,1H3/t16-/m1/s1. The van der Waals surface area contributed by atoms with E-state index in [2.05, 4.69) is 28.3 Å². The van der Waals surface area contributed by atoms with Crippen molar-refractivity contribution in [3.8, 4) is 11.6 Å². The molecule has 1 aliphatic carbocycles. The second-order valence-electron chi connectivity index (χ2n) is 6.60. The summed E-state index contributed by atoms with van der Waals surface area (Å²) in [7, 11) is 1.89. The van der Waals surface area contributed by atoms with Gasteiger partial charge in [-0.2, -0.15) is 4.98 Å². The zero-order chi connectivity index (χ0) is 17.9. The highest BCUT2D eigenvalue weighted by atomic mass is 16.5. The fraction of sp³-hybridized carbons (Fsp3) is 0.350. The summed E-state index contributed by atoms with van der Waals surface area (Å²) in [4.78, 5) is 18.8. The minimum absolute atomic E-state index is 0.0875. The monoisotopic (exact) mass is 351 g/mol. The molecule has 0 spiro atoms. The first-order chi connectivity index (χ1) is 12.7. The quantitative estimate of drug-likeness (QED) is 0.699. The molecule has 4 rings (SSSR count). The summed E-state index contributed by atoms with van der Waals surface area (Å²) in [6.45, 7) is 0. The lowest BCUT2D eigenvalue weighted by atomic mass is 9.87. The number of rotatable bonds is 5. The lowest BCUT2D eigenvalue weighted by Gasteiger charge is -2.33. The minimum Gasteiger partial charge on any atom is -0.461 e. The first-order valence-corrected chi connectivity index (χ1v) is 8.92. The number of amides is 1. The third-order valence-electron chi connectivity index (χ3n) is 4.96. The number of hydrogen-bond donors (Lipinski definition) is 0. The maximum atomic E-state index is 12.7. The number of carbonyl (C=O) groups is 1. The van der Waals surface area contributed by atoms with Crippen molar-refractivity contribution in [3.05, 3.63) is 59.7 Å². The van der Waals surface area contributed by atoms with Crippen molar-refractivity contribution in [1.29, 1.82) is 0 Å². The third-order valence-corrected chi connectivity index (χ3v) is 4.96. The molecular formula is C20H21N3O3. The number of hydrogen-bond acceptors (Lipinski definition) is 5. The number of aromatic nitrogens is 2. The van der Waals surface area contributed by atoms with E-state index in [9.17, 15) is 4.79 Å². The van der Waals surface area contributed by atoms with Crippen LogP contribution in [0.4, 0.5) is 0 Å². The minimum atomic E-state index is 0.0875. The van der Waals surface area contributed by atoms with Crippen LogP contribution in [0.3, 0.4) is 0 Å². The fourth-order valence-electron chi connectivity index (χ4n) is 3.56. The SMILES string of the molecule is CN(C(=O)CCc1nc(-c2ccco2)no1)[C@@H]1CCCc2ccccc21. The summed E-state index contributed by atoms with van der Waals surface area (Å²) in [5.74, 6) is 1.50. The normalized spacial score (nSPS) is 16.3. The van der Waals surface area contributed by atoms with Crippen molar-refractivity contribution < 1.29 is 13.7 Å². The first-order valence-electron chi connectivity index (χ1n) is 8.92. The molecule has 3 aromatic rings. The van der Waals surface area contributed by atoms with Gasteiger partial charge in [-0.3, -0.25) is 4.79 Å². The smallest absolute Gasteiger partial charge is 0.238 e. The molecule has 0 fully saturated rings. The van der Waals surface area contributed by atoms with Crippen LogP contribution in [0, 0.1) is 0 Å². The molecular weight excluding hydrogens is 330 g/mol. The Balaban J connectivity index is 1.40. The van der Waals surface area contributed by atoms with Crippen LogP contribution < -0.4 is 0 Å². The maximum Gasteiger partial charge on any atom is 0.238 e. The number of carbonyl (C=O) groups excluding carboxylic acids is 1. The molecule has 2 heterocycles. The molecule has 6 nitrogen and oxygen atoms in total. The number of furan rings is 1. The Kier molecular flexibility index (Phi) is 4.56. The number of nitrogens with zero attached hydrogens (tertiary/aromatic N) is 3. The van der Waals surface area contributed by atoms with Gasteiger partial charge in [0.05, 0.1) is 12.3 Å². The molecule has 0 saturated carbocycles. The van der Waals surface area contributed by atoms with E-state index in [0.717, 1.165) is 19.3 Å². The van der Waals surface area contributed by atoms with E-state index in [1.165, 1.54) is 11.1 Å². The first kappa shape index (κ1) is 16.6. The molecule has 1 atom stereocenters. The van der Waals surface area contributed by atoms with E-state index in [-0.39, 0.29) is 11.9 Å². The lowest BCUT2D eigenvalue weighted by Crippen LogP contribution is -2.33. The number of fused-ring (bicyclic) bond motifs is 1. The van der Waals surface area contributed by atoms with E-state index in [0.29, 0.717) is 30.3 Å². The molecule has 0 radical (unpaired) electrons. The summed E-state index contributed by atoms with van der Waals surface area (Å²) >= 11 is 0. The van der Waals surface area contributed by atoms with Gasteiger partial charge < -0.3 is 13.8 Å². The Hall–Kier alpha value is -2.89. The van der Waals surface area contributed by atoms with E-state index >= 15 is 0 Å². The summed E-state index contributed by atoms with van der Waals surface area (Å²) in [6.07, 6.45) is 5.52. The highest BCUT2D eigenvalue weighted by Crippen LogP contribution is 2.33. The van der Waals surface area contributed by atoms with Crippen LogP contribution in [0.1, 0.15) is 42.3 Å². The molecule has 0 saturated heterocycles. The fourth-order valence-corrected chi connectivity index (χ4v) is 3.56. The van der Waals surface area contributed by atoms with Gasteiger partial charge in [-0.15, -0.1) is 0 Å². The molecule has 0 unspecified atom stereocenters. The summed E-state index contributed by atoms with van der Waals surface area (Å²) in [5.41, 5.74) is 2.62. The zero-order valence-electron chi connectivity index (χ0n) is 14.7. The molecule has 1 amide bonds. The van der Waals surface area contributed by atoms with Crippen molar-refractivity contribution >= 4 is 5.91 Å². The van der Waals surface area contributed by atoms with Crippen molar-refractivity contribution in [2.45, 2.75) is 38.1 Å². The van der Waals surface area contributed by atoms with Crippen LogP contribution >= 0.6 is 0 Å². The summed E-state index contributed by atoms with van der Waals surface area (Å²) in [5, 5.41) is 3.90. The molecule has 0 aliphatic heterocycles. The predicted octanol–water partition coefficient (Wildman–Crippen LogP) is 3.80. The molecule has 26 heavy (non-hydrogen) atoms. The van der Waals surface area contributed by atoms with Crippen molar-refractivity contribution in [2.24, 2.45) is 0 Å². The van der Waals surface area contributed by atoms with E-state index < -0.39 is 0 Å². The Morgan fingerprint density at radius 2 is 2.15 bits per heavy atom. The van der Waals surface area contributed by atoms with Gasteiger partial charge in [0.2, 0.25) is 17.6 Å². The number of benzene rings is 1. The Bertz CT molecular complexity index is 885. The molecule has 0 N–H and O–H groups in total. The van der Waals surface area contributed by atoms with E-state index in [1.54, 1.807) is 18.4 Å². The van der Waals surface area contributed by atoms with Gasteiger partial charge in [-0.1, -0.05) is 29.4 Å². The van der Waals surface area contributed by atoms with Gasteiger partial charge in [0.15, 0.2) is 5.76 Å². The van der Waals surface area contributed by atoms with Gasteiger partial charge in [-0.05, 0) is 42.5 Å². The highest BCUT2D eigenvalue weighted by Gasteiger charge is 2.26. The van der Waals surface area contributed by atoms with Crippen LogP contribution in [-0.2, 0) is 17.6 Å².